The molecule has 1 amide bonds. The Hall–Kier alpha value is -2.09. The molecular weight excluding hydrogens is 280 g/mol. The van der Waals surface area contributed by atoms with Gasteiger partial charge >= 0.3 is 0 Å². The quantitative estimate of drug-likeness (QED) is 0.885. The average molecular weight is 298 g/mol. The van der Waals surface area contributed by atoms with Gasteiger partial charge in [-0.1, -0.05) is 24.0 Å². The number of nitrogens with two attached hydrogens (primary N) is 1. The van der Waals surface area contributed by atoms with Crippen molar-refractivity contribution in [1.29, 1.82) is 0 Å². The lowest BCUT2D eigenvalue weighted by Gasteiger charge is -2.20. The van der Waals surface area contributed by atoms with E-state index in [1.165, 1.54) is 11.3 Å². The predicted molar refractivity (Wildman–Crippen MR) is 88.8 cm³/mol. The van der Waals surface area contributed by atoms with E-state index in [1.54, 1.807) is 4.90 Å². The highest BCUT2D eigenvalue weighted by Gasteiger charge is 2.17. The lowest BCUT2D eigenvalue weighted by molar-refractivity contribution is 0.0992. The number of benzene rings is 1. The van der Waals surface area contributed by atoms with Gasteiger partial charge in [0.2, 0.25) is 0 Å². The number of nitrogens with zero attached hydrogens (tertiary/aromatic N) is 1. The van der Waals surface area contributed by atoms with Crippen LogP contribution < -0.4 is 10.6 Å². The van der Waals surface area contributed by atoms with Gasteiger partial charge in [0, 0.05) is 12.2 Å². The van der Waals surface area contributed by atoms with Gasteiger partial charge in [-0.15, -0.1) is 11.3 Å². The van der Waals surface area contributed by atoms with Gasteiger partial charge in [-0.25, -0.2) is 0 Å². The molecule has 2 aromatic rings. The van der Waals surface area contributed by atoms with Crippen LogP contribution in [0.2, 0.25) is 0 Å². The van der Waals surface area contributed by atoms with Gasteiger partial charge in [0.1, 0.15) is 0 Å². The number of anilines is 1. The van der Waals surface area contributed by atoms with Gasteiger partial charge in [-0.05, 0) is 43.7 Å². The molecule has 0 spiro atoms. The normalized spacial score (nSPS) is 9.86. The van der Waals surface area contributed by atoms with Crippen LogP contribution in [0.25, 0.3) is 0 Å². The first-order valence-electron chi connectivity index (χ1n) is 6.83. The van der Waals surface area contributed by atoms with E-state index in [0.29, 0.717) is 18.0 Å². The molecular formula is C17H18N2OS. The Morgan fingerprint density at radius 1 is 1.33 bits per heavy atom. The monoisotopic (exact) mass is 298 g/mol. The molecule has 0 fully saturated rings. The summed E-state index contributed by atoms with van der Waals surface area (Å²) >= 11 is 1.40. The van der Waals surface area contributed by atoms with E-state index in [0.717, 1.165) is 16.1 Å². The first-order chi connectivity index (χ1) is 10.2. The van der Waals surface area contributed by atoms with Crippen LogP contribution in [0.4, 0.5) is 5.69 Å². The number of hydrogen-bond acceptors (Lipinski definition) is 3. The molecule has 3 nitrogen and oxygen atoms in total. The van der Waals surface area contributed by atoms with Crippen molar-refractivity contribution in [3.05, 3.63) is 51.7 Å². The van der Waals surface area contributed by atoms with Crippen LogP contribution in [0.15, 0.2) is 36.4 Å². The molecule has 21 heavy (non-hydrogen) atoms. The van der Waals surface area contributed by atoms with Crippen LogP contribution in [-0.2, 0) is 0 Å². The molecule has 0 atom stereocenters. The minimum Gasteiger partial charge on any atom is -0.320 e. The van der Waals surface area contributed by atoms with Crippen LogP contribution in [0.5, 0.6) is 0 Å². The zero-order valence-electron chi connectivity index (χ0n) is 12.2. The fourth-order valence-electron chi connectivity index (χ4n) is 2.03. The molecule has 0 aliphatic heterocycles. The van der Waals surface area contributed by atoms with E-state index in [-0.39, 0.29) is 5.91 Å². The summed E-state index contributed by atoms with van der Waals surface area (Å²) in [7, 11) is 0. The second-order valence-electron chi connectivity index (χ2n) is 4.56. The first-order valence-corrected chi connectivity index (χ1v) is 7.64. The maximum Gasteiger partial charge on any atom is 0.268 e. The molecule has 0 saturated carbocycles. The molecule has 1 aromatic heterocycles. The minimum absolute atomic E-state index is 0.00824. The van der Waals surface area contributed by atoms with Crippen molar-refractivity contribution in [1.82, 2.24) is 0 Å². The van der Waals surface area contributed by atoms with E-state index < -0.39 is 0 Å². The summed E-state index contributed by atoms with van der Waals surface area (Å²) in [5.41, 5.74) is 7.42. The summed E-state index contributed by atoms with van der Waals surface area (Å²) in [4.78, 5) is 16.0. The van der Waals surface area contributed by atoms with Crippen LogP contribution in [0.3, 0.4) is 0 Å². The Labute approximate surface area is 129 Å². The molecule has 0 unspecified atom stereocenters. The van der Waals surface area contributed by atoms with Gasteiger partial charge in [0.15, 0.2) is 0 Å². The fourth-order valence-corrected chi connectivity index (χ4v) is 2.86. The Kier molecular flexibility index (Phi) is 5.15. The van der Waals surface area contributed by atoms with Gasteiger partial charge in [-0.3, -0.25) is 4.79 Å². The third-order valence-electron chi connectivity index (χ3n) is 3.01. The summed E-state index contributed by atoms with van der Waals surface area (Å²) in [6, 6.07) is 11.7. The van der Waals surface area contributed by atoms with E-state index in [4.69, 9.17) is 5.73 Å². The van der Waals surface area contributed by atoms with E-state index in [2.05, 4.69) is 11.8 Å². The number of hydrogen-bond donors (Lipinski definition) is 1. The molecule has 2 N–H and O–H groups in total. The average Bonchev–Trinajstić information content (AvgIpc) is 2.94. The number of carbonyl (C=O) groups is 1. The molecule has 2 rings (SSSR count). The van der Waals surface area contributed by atoms with Crippen molar-refractivity contribution in [3.8, 4) is 11.8 Å². The molecule has 0 aliphatic carbocycles. The van der Waals surface area contributed by atoms with Gasteiger partial charge in [-0.2, -0.15) is 0 Å². The highest BCUT2D eigenvalue weighted by Crippen LogP contribution is 2.22. The largest absolute Gasteiger partial charge is 0.320 e. The molecule has 1 heterocycles. The second-order valence-corrected chi connectivity index (χ2v) is 5.64. The first kappa shape index (κ1) is 15.3. The van der Waals surface area contributed by atoms with Gasteiger partial charge in [0.05, 0.1) is 16.3 Å². The van der Waals surface area contributed by atoms with Crippen molar-refractivity contribution < 1.29 is 4.79 Å². The number of aryl methyl sites for hydroxylation is 1. The Balaban J connectivity index is 2.26. The van der Waals surface area contributed by atoms with Crippen molar-refractivity contribution >= 4 is 22.9 Å². The van der Waals surface area contributed by atoms with E-state index >= 15 is 0 Å². The van der Waals surface area contributed by atoms with Crippen LogP contribution in [-0.4, -0.2) is 19.0 Å². The maximum absolute atomic E-state index is 12.6. The van der Waals surface area contributed by atoms with Crippen LogP contribution >= 0.6 is 11.3 Å². The number of carbonyl (C=O) groups excluding carboxylic acids is 1. The minimum atomic E-state index is 0.00824. The number of thiophene rings is 1. The third-order valence-corrected chi connectivity index (χ3v) is 3.99. The molecule has 108 valence electrons. The zero-order chi connectivity index (χ0) is 15.2. The smallest absolute Gasteiger partial charge is 0.268 e. The predicted octanol–water partition coefficient (Wildman–Crippen LogP) is 3.03. The zero-order valence-corrected chi connectivity index (χ0v) is 13.0. The highest BCUT2D eigenvalue weighted by atomic mass is 32.1. The standard InChI is InChI=1S/C17H18N2OS/c1-3-19(14-7-4-6-13(2)12-14)17(20)16-10-9-15(21-16)8-5-11-18/h4,6-7,9-10,12H,3,11,18H2,1-2H3. The summed E-state index contributed by atoms with van der Waals surface area (Å²) in [6.45, 7) is 4.95. The SMILES string of the molecule is CCN(C(=O)c1ccc(C#CCN)s1)c1cccc(C)c1. The molecule has 0 bridgehead atoms. The highest BCUT2D eigenvalue weighted by molar-refractivity contribution is 7.14. The summed E-state index contributed by atoms with van der Waals surface area (Å²) in [6.07, 6.45) is 0. The molecule has 4 heteroatoms. The molecule has 1 aromatic carbocycles. The second kappa shape index (κ2) is 7.07. The fraction of sp³-hybridized carbons (Fsp3) is 0.235. The summed E-state index contributed by atoms with van der Waals surface area (Å²) < 4.78 is 0. The van der Waals surface area contributed by atoms with Crippen molar-refractivity contribution in [2.75, 3.05) is 18.0 Å². The van der Waals surface area contributed by atoms with Gasteiger partial charge in [0.25, 0.3) is 5.91 Å². The maximum atomic E-state index is 12.6. The molecule has 0 aliphatic rings. The lowest BCUT2D eigenvalue weighted by atomic mass is 10.2. The number of amides is 1. The lowest BCUT2D eigenvalue weighted by Crippen LogP contribution is -2.29. The Bertz CT molecular complexity index is 694. The topological polar surface area (TPSA) is 46.3 Å². The van der Waals surface area contributed by atoms with E-state index in [1.807, 2.05) is 50.2 Å². The summed E-state index contributed by atoms with van der Waals surface area (Å²) in [5.74, 6) is 5.77. The number of rotatable bonds is 3. The van der Waals surface area contributed by atoms with Crippen LogP contribution in [0.1, 0.15) is 27.0 Å². The molecule has 0 saturated heterocycles. The Morgan fingerprint density at radius 3 is 2.81 bits per heavy atom. The van der Waals surface area contributed by atoms with Gasteiger partial charge < -0.3 is 10.6 Å². The van der Waals surface area contributed by atoms with Crippen molar-refractivity contribution in [2.45, 2.75) is 13.8 Å². The third kappa shape index (κ3) is 3.72. The van der Waals surface area contributed by atoms with Crippen molar-refractivity contribution in [3.63, 3.8) is 0 Å². The van der Waals surface area contributed by atoms with Crippen LogP contribution in [0, 0.1) is 18.8 Å². The summed E-state index contributed by atoms with van der Waals surface area (Å²) in [5, 5.41) is 0. The van der Waals surface area contributed by atoms with E-state index in [9.17, 15) is 4.79 Å². The van der Waals surface area contributed by atoms with Crippen molar-refractivity contribution in [2.24, 2.45) is 5.73 Å². The Morgan fingerprint density at radius 2 is 2.14 bits per heavy atom. The molecule has 0 radical (unpaired) electrons.